The van der Waals surface area contributed by atoms with Crippen LogP contribution in [-0.4, -0.2) is 31.8 Å². The lowest BCUT2D eigenvalue weighted by Crippen LogP contribution is -2.29. The molecule has 0 aliphatic carbocycles. The van der Waals surface area contributed by atoms with E-state index < -0.39 is 22.4 Å². The van der Waals surface area contributed by atoms with Crippen molar-refractivity contribution in [2.24, 2.45) is 0 Å². The number of benzene rings is 2. The highest BCUT2D eigenvalue weighted by atomic mass is 16.6. The zero-order chi connectivity index (χ0) is 19.1. The third-order valence-corrected chi connectivity index (χ3v) is 4.21. The lowest BCUT2D eigenvalue weighted by molar-refractivity contribution is -0.385. The van der Waals surface area contributed by atoms with Gasteiger partial charge in [-0.05, 0) is 25.1 Å². The van der Waals surface area contributed by atoms with E-state index >= 15 is 0 Å². The topological polar surface area (TPSA) is 119 Å². The highest BCUT2D eigenvalue weighted by molar-refractivity contribution is 6.23. The molecule has 1 aromatic heterocycles. The number of hydrogen-bond acceptors (Lipinski definition) is 7. The van der Waals surface area contributed by atoms with Gasteiger partial charge < -0.3 is 4.52 Å². The Balaban J connectivity index is 1.63. The first-order valence-corrected chi connectivity index (χ1v) is 7.99. The minimum atomic E-state index is -0.746. The number of carbonyl (C=O) groups excluding carboxylic acids is 2. The first-order chi connectivity index (χ1) is 13.0. The van der Waals surface area contributed by atoms with E-state index in [1.165, 1.54) is 18.2 Å². The zero-order valence-corrected chi connectivity index (χ0v) is 14.1. The fourth-order valence-electron chi connectivity index (χ4n) is 2.97. The molecule has 0 fully saturated rings. The molecule has 0 saturated heterocycles. The van der Waals surface area contributed by atoms with Gasteiger partial charge in [0, 0.05) is 11.6 Å². The highest BCUT2D eigenvalue weighted by Crippen LogP contribution is 2.31. The number of amides is 2. The molecule has 134 valence electrons. The van der Waals surface area contributed by atoms with Crippen LogP contribution in [0.4, 0.5) is 5.69 Å². The average molecular weight is 364 g/mol. The number of aryl methyl sites for hydroxylation is 1. The number of nitro benzene ring substituents is 1. The average Bonchev–Trinajstić information content (AvgIpc) is 3.21. The molecule has 0 radical (unpaired) electrons. The van der Waals surface area contributed by atoms with E-state index in [1.807, 2.05) is 25.1 Å². The van der Waals surface area contributed by atoms with Crippen molar-refractivity contribution in [2.45, 2.75) is 13.5 Å². The van der Waals surface area contributed by atoms with Crippen molar-refractivity contribution in [3.05, 3.63) is 75.1 Å². The number of aromatic nitrogens is 2. The zero-order valence-electron chi connectivity index (χ0n) is 14.1. The number of imide groups is 1. The van der Waals surface area contributed by atoms with Crippen molar-refractivity contribution in [2.75, 3.05) is 0 Å². The summed E-state index contributed by atoms with van der Waals surface area (Å²) in [7, 11) is 0. The molecule has 0 saturated carbocycles. The standard InChI is InChI=1S/C18H12N4O5/c1-10-4-2-5-11(8-10)16-19-14(20-27-16)9-21-17(23)12-6-3-7-13(22(25)26)15(12)18(21)24/h2-8H,9H2,1H3. The van der Waals surface area contributed by atoms with Crippen LogP contribution in [0.15, 0.2) is 47.0 Å². The molecule has 9 heteroatoms. The predicted octanol–water partition coefficient (Wildman–Crippen LogP) is 2.75. The Morgan fingerprint density at radius 2 is 1.93 bits per heavy atom. The van der Waals surface area contributed by atoms with Crippen LogP contribution in [0, 0.1) is 17.0 Å². The van der Waals surface area contributed by atoms with Crippen LogP contribution in [0.1, 0.15) is 32.1 Å². The normalized spacial score (nSPS) is 13.1. The number of fused-ring (bicyclic) bond motifs is 1. The molecule has 27 heavy (non-hydrogen) atoms. The van der Waals surface area contributed by atoms with Crippen LogP contribution >= 0.6 is 0 Å². The first-order valence-electron chi connectivity index (χ1n) is 7.99. The molecule has 4 rings (SSSR count). The second-order valence-corrected chi connectivity index (χ2v) is 6.04. The molecule has 0 bridgehead atoms. The Labute approximate surface area is 152 Å². The second-order valence-electron chi connectivity index (χ2n) is 6.04. The molecule has 1 aliphatic heterocycles. The van der Waals surface area contributed by atoms with Crippen LogP contribution in [0.2, 0.25) is 0 Å². The lowest BCUT2D eigenvalue weighted by atomic mass is 10.1. The van der Waals surface area contributed by atoms with Gasteiger partial charge in [-0.3, -0.25) is 24.6 Å². The van der Waals surface area contributed by atoms with Gasteiger partial charge in [-0.2, -0.15) is 4.98 Å². The van der Waals surface area contributed by atoms with E-state index in [9.17, 15) is 19.7 Å². The highest BCUT2D eigenvalue weighted by Gasteiger charge is 2.41. The van der Waals surface area contributed by atoms with E-state index in [1.54, 1.807) is 6.07 Å². The summed E-state index contributed by atoms with van der Waals surface area (Å²) in [5.41, 5.74) is 1.11. The molecule has 0 spiro atoms. The van der Waals surface area contributed by atoms with Gasteiger partial charge in [0.15, 0.2) is 5.82 Å². The molecule has 2 amide bonds. The van der Waals surface area contributed by atoms with Crippen molar-refractivity contribution in [3.8, 4) is 11.5 Å². The fraction of sp³-hybridized carbons (Fsp3) is 0.111. The first kappa shape index (κ1) is 16.6. The molecular formula is C18H12N4O5. The molecule has 2 aromatic carbocycles. The second kappa shape index (κ2) is 6.13. The number of nitro groups is 1. The van der Waals surface area contributed by atoms with Crippen LogP contribution < -0.4 is 0 Å². The summed E-state index contributed by atoms with van der Waals surface area (Å²) in [6, 6.07) is 11.4. The summed E-state index contributed by atoms with van der Waals surface area (Å²) in [5.74, 6) is -0.982. The van der Waals surface area contributed by atoms with Gasteiger partial charge in [0.05, 0.1) is 17.0 Å². The lowest BCUT2D eigenvalue weighted by Gasteiger charge is -2.10. The van der Waals surface area contributed by atoms with E-state index in [2.05, 4.69) is 10.1 Å². The molecule has 3 aromatic rings. The van der Waals surface area contributed by atoms with Crippen molar-refractivity contribution >= 4 is 17.5 Å². The molecule has 1 aliphatic rings. The van der Waals surface area contributed by atoms with Crippen molar-refractivity contribution in [1.29, 1.82) is 0 Å². The van der Waals surface area contributed by atoms with Crippen molar-refractivity contribution < 1.29 is 19.0 Å². The van der Waals surface area contributed by atoms with Gasteiger partial charge in [0.25, 0.3) is 23.4 Å². The molecule has 0 N–H and O–H groups in total. The monoisotopic (exact) mass is 364 g/mol. The third kappa shape index (κ3) is 2.74. The van der Waals surface area contributed by atoms with Crippen molar-refractivity contribution in [3.63, 3.8) is 0 Å². The Hall–Kier alpha value is -3.88. The van der Waals surface area contributed by atoms with Crippen molar-refractivity contribution in [1.82, 2.24) is 15.0 Å². The van der Waals surface area contributed by atoms with Gasteiger partial charge in [-0.15, -0.1) is 0 Å². The maximum Gasteiger partial charge on any atom is 0.282 e. The Kier molecular flexibility index (Phi) is 3.76. The summed E-state index contributed by atoms with van der Waals surface area (Å²) in [6.45, 7) is 1.69. The van der Waals surface area contributed by atoms with Crippen LogP contribution in [0.5, 0.6) is 0 Å². The number of carbonyl (C=O) groups is 2. The quantitative estimate of drug-likeness (QED) is 0.396. The third-order valence-electron chi connectivity index (χ3n) is 4.21. The van der Waals surface area contributed by atoms with Crippen LogP contribution in [0.3, 0.4) is 0 Å². The van der Waals surface area contributed by atoms with E-state index in [4.69, 9.17) is 4.52 Å². The molecule has 9 nitrogen and oxygen atoms in total. The van der Waals surface area contributed by atoms with Gasteiger partial charge >= 0.3 is 0 Å². The van der Waals surface area contributed by atoms with Crippen LogP contribution in [-0.2, 0) is 6.54 Å². The Morgan fingerprint density at radius 3 is 2.67 bits per heavy atom. The summed E-state index contributed by atoms with van der Waals surface area (Å²) in [5, 5.41) is 15.0. The summed E-state index contributed by atoms with van der Waals surface area (Å²) >= 11 is 0. The van der Waals surface area contributed by atoms with E-state index in [-0.39, 0.29) is 29.4 Å². The predicted molar refractivity (Wildman–Crippen MR) is 91.8 cm³/mol. The van der Waals surface area contributed by atoms with Crippen LogP contribution in [0.25, 0.3) is 11.5 Å². The largest absolute Gasteiger partial charge is 0.334 e. The summed E-state index contributed by atoms with van der Waals surface area (Å²) in [6.07, 6.45) is 0. The molecule has 2 heterocycles. The smallest absolute Gasteiger partial charge is 0.282 e. The Morgan fingerprint density at radius 1 is 1.15 bits per heavy atom. The molecular weight excluding hydrogens is 352 g/mol. The summed E-state index contributed by atoms with van der Waals surface area (Å²) in [4.78, 5) is 40.6. The fourth-order valence-corrected chi connectivity index (χ4v) is 2.97. The molecule has 0 atom stereocenters. The molecule has 0 unspecified atom stereocenters. The van der Waals surface area contributed by atoms with Gasteiger partial charge in [0.2, 0.25) is 0 Å². The van der Waals surface area contributed by atoms with Gasteiger partial charge in [0.1, 0.15) is 5.56 Å². The minimum absolute atomic E-state index is 0.00315. The number of nitrogens with zero attached hydrogens (tertiary/aromatic N) is 4. The van der Waals surface area contributed by atoms with Gasteiger partial charge in [-0.1, -0.05) is 28.9 Å². The number of hydrogen-bond donors (Lipinski definition) is 0. The minimum Gasteiger partial charge on any atom is -0.334 e. The van der Waals surface area contributed by atoms with E-state index in [0.717, 1.165) is 10.5 Å². The Bertz CT molecular complexity index is 1100. The SMILES string of the molecule is Cc1cccc(-c2nc(CN3C(=O)c4cccc([N+](=O)[O-])c4C3=O)no2)c1. The maximum atomic E-state index is 12.6. The maximum absolute atomic E-state index is 12.6. The van der Waals surface area contributed by atoms with Gasteiger partial charge in [-0.25, -0.2) is 0 Å². The summed E-state index contributed by atoms with van der Waals surface area (Å²) < 4.78 is 5.21. The van der Waals surface area contributed by atoms with E-state index in [0.29, 0.717) is 5.56 Å². The number of rotatable bonds is 4.